The fourth-order valence-electron chi connectivity index (χ4n) is 2.51. The molecule has 0 nitrogen and oxygen atoms in total. The Kier molecular flexibility index (Phi) is 3.99. The number of rotatable bonds is 3. The van der Waals surface area contributed by atoms with Gasteiger partial charge in [0.15, 0.2) is 0 Å². The topological polar surface area (TPSA) is 0 Å². The zero-order chi connectivity index (χ0) is 15.6. The molecule has 3 heteroatoms. The molecule has 112 valence electrons. The highest BCUT2D eigenvalue weighted by atomic mass is 32.3. The summed E-state index contributed by atoms with van der Waals surface area (Å²) in [6.45, 7) is 0. The second-order valence-electron chi connectivity index (χ2n) is 5.14. The summed E-state index contributed by atoms with van der Waals surface area (Å²) in [7, 11) is -1.54. The minimum absolute atomic E-state index is 0.252. The van der Waals surface area contributed by atoms with Crippen molar-refractivity contribution in [2.75, 3.05) is 6.26 Å². The van der Waals surface area contributed by atoms with Crippen LogP contribution in [0, 0.1) is 11.6 Å². The number of hydrogen-bond acceptors (Lipinski definition) is 0. The van der Waals surface area contributed by atoms with Gasteiger partial charge in [0, 0.05) is 0 Å². The Morgan fingerprint density at radius 2 is 0.909 bits per heavy atom. The van der Waals surface area contributed by atoms with Crippen molar-refractivity contribution in [2.24, 2.45) is 0 Å². The molecule has 3 aromatic carbocycles. The summed E-state index contributed by atoms with van der Waals surface area (Å²) in [6.07, 6.45) is 2.16. The van der Waals surface area contributed by atoms with Crippen LogP contribution in [-0.2, 0) is 0 Å². The van der Waals surface area contributed by atoms with Crippen LogP contribution in [0.3, 0.4) is 0 Å². The first-order chi connectivity index (χ1) is 10.6. The molecule has 0 spiro atoms. The molecule has 0 aliphatic carbocycles. The van der Waals surface area contributed by atoms with Gasteiger partial charge in [-0.15, -0.1) is 0 Å². The molecule has 3 aromatic rings. The van der Waals surface area contributed by atoms with Crippen LogP contribution in [0.1, 0.15) is 0 Å². The maximum absolute atomic E-state index is 13.3. The predicted octanol–water partition coefficient (Wildman–Crippen LogP) is 5.88. The van der Waals surface area contributed by atoms with E-state index in [2.05, 4.69) is 18.4 Å². The lowest BCUT2D eigenvalue weighted by atomic mass is 10.3. The average Bonchev–Trinajstić information content (AvgIpc) is 2.56. The molecule has 22 heavy (non-hydrogen) atoms. The van der Waals surface area contributed by atoms with Crippen LogP contribution in [0.25, 0.3) is 0 Å². The maximum Gasteiger partial charge on any atom is 0.123 e. The van der Waals surface area contributed by atoms with E-state index in [-0.39, 0.29) is 11.6 Å². The van der Waals surface area contributed by atoms with Crippen LogP contribution in [0.2, 0.25) is 0 Å². The van der Waals surface area contributed by atoms with Gasteiger partial charge in [-0.25, -0.2) is 8.78 Å². The molecule has 0 atom stereocenters. The maximum atomic E-state index is 13.3. The molecule has 0 amide bonds. The van der Waals surface area contributed by atoms with Gasteiger partial charge in [0.1, 0.15) is 11.6 Å². The number of hydrogen-bond donors (Lipinski definition) is 0. The Labute approximate surface area is 130 Å². The van der Waals surface area contributed by atoms with Crippen molar-refractivity contribution in [3.8, 4) is 0 Å². The van der Waals surface area contributed by atoms with Crippen LogP contribution < -0.4 is 0 Å². The number of benzene rings is 3. The molecule has 0 N–H and O–H groups in total. The molecule has 0 aliphatic rings. The van der Waals surface area contributed by atoms with Crippen molar-refractivity contribution >= 4 is 10.0 Å². The highest BCUT2D eigenvalue weighted by Crippen LogP contribution is 2.65. The van der Waals surface area contributed by atoms with E-state index in [1.54, 1.807) is 0 Å². The van der Waals surface area contributed by atoms with E-state index in [9.17, 15) is 8.78 Å². The quantitative estimate of drug-likeness (QED) is 0.566. The molecule has 0 fully saturated rings. The van der Waals surface area contributed by atoms with E-state index in [0.29, 0.717) is 0 Å². The zero-order valence-corrected chi connectivity index (χ0v) is 13.0. The molecular formula is C19H16F2S. The van der Waals surface area contributed by atoms with Crippen molar-refractivity contribution < 1.29 is 8.78 Å². The molecule has 0 aromatic heterocycles. The van der Waals surface area contributed by atoms with Gasteiger partial charge in [0.05, 0.1) is 0 Å². The van der Waals surface area contributed by atoms with Gasteiger partial charge < -0.3 is 0 Å². The molecule has 0 saturated carbocycles. The molecular weight excluding hydrogens is 298 g/mol. The lowest BCUT2D eigenvalue weighted by Crippen LogP contribution is -2.01. The van der Waals surface area contributed by atoms with E-state index in [0.717, 1.165) is 14.7 Å². The van der Waals surface area contributed by atoms with Gasteiger partial charge in [0.25, 0.3) is 0 Å². The summed E-state index contributed by atoms with van der Waals surface area (Å²) in [5, 5.41) is 0. The second-order valence-corrected chi connectivity index (χ2v) is 8.39. The summed E-state index contributed by atoms with van der Waals surface area (Å²) >= 11 is 0. The van der Waals surface area contributed by atoms with Gasteiger partial charge in [-0.05, 0) is 81.6 Å². The Bertz CT molecular complexity index is 704. The monoisotopic (exact) mass is 314 g/mol. The van der Waals surface area contributed by atoms with Gasteiger partial charge >= 0.3 is 0 Å². The molecule has 0 bridgehead atoms. The van der Waals surface area contributed by atoms with E-state index < -0.39 is 10.0 Å². The van der Waals surface area contributed by atoms with E-state index in [1.165, 1.54) is 24.3 Å². The largest absolute Gasteiger partial charge is 0.207 e. The Morgan fingerprint density at radius 1 is 0.545 bits per heavy atom. The number of halogens is 2. The minimum Gasteiger partial charge on any atom is -0.207 e. The first-order valence-electron chi connectivity index (χ1n) is 6.95. The fourth-order valence-corrected chi connectivity index (χ4v) is 5.39. The van der Waals surface area contributed by atoms with Gasteiger partial charge in [-0.2, -0.15) is 10.0 Å². The highest BCUT2D eigenvalue weighted by Gasteiger charge is 2.25. The lowest BCUT2D eigenvalue weighted by molar-refractivity contribution is 0.626. The summed E-state index contributed by atoms with van der Waals surface area (Å²) in [5.41, 5.74) is 0. The zero-order valence-electron chi connectivity index (χ0n) is 12.2. The van der Waals surface area contributed by atoms with E-state index in [4.69, 9.17) is 0 Å². The third-order valence-corrected chi connectivity index (χ3v) is 7.43. The molecule has 0 radical (unpaired) electrons. The van der Waals surface area contributed by atoms with E-state index >= 15 is 0 Å². The van der Waals surface area contributed by atoms with Crippen molar-refractivity contribution in [1.82, 2.24) is 0 Å². The van der Waals surface area contributed by atoms with Gasteiger partial charge in [-0.3, -0.25) is 0 Å². The third kappa shape index (κ3) is 2.64. The first kappa shape index (κ1) is 14.8. The Balaban J connectivity index is 2.22. The average molecular weight is 314 g/mol. The van der Waals surface area contributed by atoms with Crippen LogP contribution in [0.5, 0.6) is 0 Å². The van der Waals surface area contributed by atoms with Crippen molar-refractivity contribution in [1.29, 1.82) is 0 Å². The minimum atomic E-state index is -1.54. The predicted molar refractivity (Wildman–Crippen MR) is 87.6 cm³/mol. The van der Waals surface area contributed by atoms with Gasteiger partial charge in [0.2, 0.25) is 0 Å². The normalized spacial score (nSPS) is 12.1. The molecule has 3 rings (SSSR count). The fraction of sp³-hybridized carbons (Fsp3) is 0.0526. The Hall–Kier alpha value is -2.13. The SMILES string of the molecule is CS(c1ccccc1)(c1ccc(F)cc1)c1ccc(F)cc1. The molecule has 0 heterocycles. The third-order valence-electron chi connectivity index (χ3n) is 3.78. The smallest absolute Gasteiger partial charge is 0.123 e. The molecule has 0 saturated heterocycles. The van der Waals surface area contributed by atoms with Crippen molar-refractivity contribution in [2.45, 2.75) is 14.7 Å². The van der Waals surface area contributed by atoms with E-state index in [1.807, 2.05) is 42.5 Å². The summed E-state index contributed by atoms with van der Waals surface area (Å²) in [6, 6.07) is 23.3. The second kappa shape index (κ2) is 5.93. The summed E-state index contributed by atoms with van der Waals surface area (Å²) in [5.74, 6) is -0.504. The molecule has 0 unspecified atom stereocenters. The van der Waals surface area contributed by atoms with Crippen LogP contribution >= 0.6 is 10.0 Å². The van der Waals surface area contributed by atoms with Crippen LogP contribution in [0.15, 0.2) is 93.5 Å². The lowest BCUT2D eigenvalue weighted by Gasteiger charge is -2.37. The highest BCUT2D eigenvalue weighted by molar-refractivity contribution is 8.33. The van der Waals surface area contributed by atoms with Crippen molar-refractivity contribution in [3.63, 3.8) is 0 Å². The standard InChI is InChI=1S/C19H16F2S/c1-22(17-5-3-2-4-6-17,18-11-7-15(20)8-12-18)19-13-9-16(21)10-14-19/h2-14H,1H3. The van der Waals surface area contributed by atoms with Crippen molar-refractivity contribution in [3.05, 3.63) is 90.5 Å². The van der Waals surface area contributed by atoms with Crippen LogP contribution in [-0.4, -0.2) is 6.26 Å². The Morgan fingerprint density at radius 3 is 1.32 bits per heavy atom. The summed E-state index contributed by atoms with van der Waals surface area (Å²) in [4.78, 5) is 3.26. The molecule has 0 aliphatic heterocycles. The first-order valence-corrected chi connectivity index (χ1v) is 8.99. The van der Waals surface area contributed by atoms with Gasteiger partial charge in [-0.1, -0.05) is 18.2 Å². The summed E-state index contributed by atoms with van der Waals surface area (Å²) < 4.78 is 26.6. The van der Waals surface area contributed by atoms with Crippen LogP contribution in [0.4, 0.5) is 8.78 Å².